The standard InChI is InChI=1S/C20H15ClN6O2S/c21-16-10-24-20(26-17-5-4-12(9-23-17)13-6-7-30-11-13)27-18(16)25-14-2-1-3-15(8-14)29-19(22)28/h1-11H,(H2,22,28)(H2,23,24,25,26,27). The molecule has 150 valence electrons. The molecule has 1 aromatic carbocycles. The second-order valence-corrected chi connectivity index (χ2v) is 7.22. The Morgan fingerprint density at radius 2 is 1.97 bits per heavy atom. The molecule has 0 spiro atoms. The molecule has 8 nitrogen and oxygen atoms in total. The average molecular weight is 439 g/mol. The highest BCUT2D eigenvalue weighted by molar-refractivity contribution is 7.08. The molecule has 0 fully saturated rings. The number of hydrogen-bond acceptors (Lipinski definition) is 8. The van der Waals surface area contributed by atoms with Gasteiger partial charge in [0.05, 0.1) is 6.20 Å². The molecule has 10 heteroatoms. The lowest BCUT2D eigenvalue weighted by atomic mass is 10.1. The van der Waals surface area contributed by atoms with Gasteiger partial charge in [0.1, 0.15) is 16.6 Å². The van der Waals surface area contributed by atoms with Crippen LogP contribution in [0.25, 0.3) is 11.1 Å². The first kappa shape index (κ1) is 19.6. The number of carbonyl (C=O) groups excluding carboxylic acids is 1. The lowest BCUT2D eigenvalue weighted by Crippen LogP contribution is -2.16. The van der Waals surface area contributed by atoms with Crippen molar-refractivity contribution in [2.24, 2.45) is 5.73 Å². The van der Waals surface area contributed by atoms with E-state index in [-0.39, 0.29) is 0 Å². The van der Waals surface area contributed by atoms with Crippen molar-refractivity contribution < 1.29 is 9.53 Å². The van der Waals surface area contributed by atoms with Gasteiger partial charge in [0.25, 0.3) is 0 Å². The van der Waals surface area contributed by atoms with Crippen molar-refractivity contribution in [3.8, 4) is 16.9 Å². The van der Waals surface area contributed by atoms with Gasteiger partial charge in [-0.3, -0.25) is 0 Å². The number of pyridine rings is 1. The maximum atomic E-state index is 10.9. The van der Waals surface area contributed by atoms with Gasteiger partial charge in [-0.15, -0.1) is 0 Å². The monoisotopic (exact) mass is 438 g/mol. The first-order chi connectivity index (χ1) is 14.6. The highest BCUT2D eigenvalue weighted by atomic mass is 35.5. The zero-order valence-electron chi connectivity index (χ0n) is 15.4. The number of amides is 1. The maximum Gasteiger partial charge on any atom is 0.409 e. The van der Waals surface area contributed by atoms with Crippen LogP contribution in [0.4, 0.5) is 28.1 Å². The Kier molecular flexibility index (Phi) is 5.73. The van der Waals surface area contributed by atoms with E-state index in [1.807, 2.05) is 23.6 Å². The maximum absolute atomic E-state index is 10.9. The summed E-state index contributed by atoms with van der Waals surface area (Å²) in [5.74, 6) is 1.59. The summed E-state index contributed by atoms with van der Waals surface area (Å²) in [6.45, 7) is 0. The molecule has 3 heterocycles. The molecule has 0 radical (unpaired) electrons. The van der Waals surface area contributed by atoms with Crippen LogP contribution in [0, 0.1) is 0 Å². The van der Waals surface area contributed by atoms with Crippen molar-refractivity contribution >= 4 is 52.3 Å². The Labute approximate surface area is 180 Å². The van der Waals surface area contributed by atoms with Crippen LogP contribution in [0.15, 0.2) is 65.6 Å². The number of rotatable bonds is 6. The minimum atomic E-state index is -0.892. The lowest BCUT2D eigenvalue weighted by molar-refractivity contribution is 0.211. The topological polar surface area (TPSA) is 115 Å². The van der Waals surface area contributed by atoms with Crippen LogP contribution in [0.3, 0.4) is 0 Å². The quantitative estimate of drug-likeness (QED) is 0.379. The predicted octanol–water partition coefficient (Wildman–Crippen LogP) is 5.20. The fourth-order valence-corrected chi connectivity index (χ4v) is 3.39. The molecule has 30 heavy (non-hydrogen) atoms. The third kappa shape index (κ3) is 4.83. The first-order valence-electron chi connectivity index (χ1n) is 8.69. The highest BCUT2D eigenvalue weighted by Gasteiger charge is 2.09. The third-order valence-electron chi connectivity index (χ3n) is 3.92. The summed E-state index contributed by atoms with van der Waals surface area (Å²) < 4.78 is 4.88. The van der Waals surface area contributed by atoms with Crippen LogP contribution in [0.5, 0.6) is 5.75 Å². The minimum absolute atomic E-state index is 0.297. The van der Waals surface area contributed by atoms with E-state index in [2.05, 4.69) is 31.0 Å². The molecule has 4 aromatic rings. The van der Waals surface area contributed by atoms with Gasteiger partial charge in [-0.25, -0.2) is 14.8 Å². The number of ether oxygens (including phenoxy) is 1. The molecule has 0 unspecified atom stereocenters. The van der Waals surface area contributed by atoms with E-state index in [0.29, 0.717) is 34.0 Å². The number of nitrogens with one attached hydrogen (secondary N) is 2. The largest absolute Gasteiger partial charge is 0.410 e. The molecule has 0 aliphatic carbocycles. The summed E-state index contributed by atoms with van der Waals surface area (Å²) >= 11 is 7.85. The molecule has 0 saturated carbocycles. The predicted molar refractivity (Wildman–Crippen MR) is 118 cm³/mol. The Bertz CT molecular complexity index is 1170. The molecule has 0 aliphatic rings. The van der Waals surface area contributed by atoms with Crippen LogP contribution < -0.4 is 21.1 Å². The van der Waals surface area contributed by atoms with Crippen molar-refractivity contribution in [3.05, 3.63) is 70.6 Å². The summed E-state index contributed by atoms with van der Waals surface area (Å²) in [4.78, 5) is 23.9. The summed E-state index contributed by atoms with van der Waals surface area (Å²) in [6.07, 6.45) is 2.36. The fraction of sp³-hybridized carbons (Fsp3) is 0. The number of halogens is 1. The van der Waals surface area contributed by atoms with Crippen molar-refractivity contribution in [1.82, 2.24) is 15.0 Å². The van der Waals surface area contributed by atoms with Crippen LogP contribution in [-0.4, -0.2) is 21.0 Å². The van der Waals surface area contributed by atoms with Gasteiger partial charge in [-0.05, 0) is 46.7 Å². The molecule has 4 N–H and O–H groups in total. The summed E-state index contributed by atoms with van der Waals surface area (Å²) in [5.41, 5.74) is 7.80. The second-order valence-electron chi connectivity index (χ2n) is 6.03. The fourth-order valence-electron chi connectivity index (χ4n) is 2.59. The second kappa shape index (κ2) is 8.76. The smallest absolute Gasteiger partial charge is 0.409 e. The third-order valence-corrected chi connectivity index (χ3v) is 4.88. The van der Waals surface area contributed by atoms with Gasteiger partial charge < -0.3 is 21.1 Å². The van der Waals surface area contributed by atoms with E-state index in [1.165, 1.54) is 6.20 Å². The summed E-state index contributed by atoms with van der Waals surface area (Å²) in [7, 11) is 0. The molecular weight excluding hydrogens is 424 g/mol. The zero-order valence-corrected chi connectivity index (χ0v) is 16.9. The number of hydrogen-bond donors (Lipinski definition) is 3. The van der Waals surface area contributed by atoms with E-state index in [4.69, 9.17) is 22.1 Å². The number of benzene rings is 1. The molecular formula is C20H15ClN6O2S. The van der Waals surface area contributed by atoms with E-state index < -0.39 is 6.09 Å². The number of nitrogens with two attached hydrogens (primary N) is 1. The molecule has 0 atom stereocenters. The van der Waals surface area contributed by atoms with Gasteiger partial charge in [0.15, 0.2) is 5.82 Å². The normalized spacial score (nSPS) is 10.4. The first-order valence-corrected chi connectivity index (χ1v) is 10.0. The van der Waals surface area contributed by atoms with Crippen molar-refractivity contribution in [3.63, 3.8) is 0 Å². The van der Waals surface area contributed by atoms with Crippen LogP contribution in [0.1, 0.15) is 0 Å². The Balaban J connectivity index is 1.50. The number of carbonyl (C=O) groups is 1. The Morgan fingerprint density at radius 3 is 2.70 bits per heavy atom. The number of primary amides is 1. The Morgan fingerprint density at radius 1 is 1.07 bits per heavy atom. The molecule has 4 rings (SSSR count). The molecule has 3 aromatic heterocycles. The zero-order chi connectivity index (χ0) is 20.9. The summed E-state index contributed by atoms with van der Waals surface area (Å²) in [5, 5.41) is 10.5. The van der Waals surface area contributed by atoms with Crippen molar-refractivity contribution in [2.45, 2.75) is 0 Å². The Hall–Kier alpha value is -3.69. The molecule has 0 saturated heterocycles. The van der Waals surface area contributed by atoms with Crippen LogP contribution >= 0.6 is 22.9 Å². The van der Waals surface area contributed by atoms with Crippen molar-refractivity contribution in [2.75, 3.05) is 10.6 Å². The highest BCUT2D eigenvalue weighted by Crippen LogP contribution is 2.27. The van der Waals surface area contributed by atoms with Gasteiger partial charge in [0, 0.05) is 23.5 Å². The molecule has 1 amide bonds. The van der Waals surface area contributed by atoms with Crippen LogP contribution in [0.2, 0.25) is 5.02 Å². The lowest BCUT2D eigenvalue weighted by Gasteiger charge is -2.11. The van der Waals surface area contributed by atoms with E-state index in [0.717, 1.165) is 11.1 Å². The molecule has 0 bridgehead atoms. The minimum Gasteiger partial charge on any atom is -0.410 e. The SMILES string of the molecule is NC(=O)Oc1cccc(Nc2nc(Nc3ccc(-c4ccsc4)cn3)ncc2Cl)c1. The van der Waals surface area contributed by atoms with Gasteiger partial charge >= 0.3 is 6.09 Å². The van der Waals surface area contributed by atoms with E-state index >= 15 is 0 Å². The number of nitrogens with zero attached hydrogens (tertiary/aromatic N) is 3. The van der Waals surface area contributed by atoms with E-state index in [1.54, 1.807) is 41.8 Å². The number of anilines is 4. The summed E-state index contributed by atoms with van der Waals surface area (Å²) in [6, 6.07) is 12.5. The van der Waals surface area contributed by atoms with Gasteiger partial charge in [-0.1, -0.05) is 17.7 Å². The average Bonchev–Trinajstić information content (AvgIpc) is 3.26. The number of thiophene rings is 1. The van der Waals surface area contributed by atoms with Crippen molar-refractivity contribution in [1.29, 1.82) is 0 Å². The number of aromatic nitrogens is 3. The van der Waals surface area contributed by atoms with Crippen LogP contribution in [-0.2, 0) is 0 Å². The molecule has 0 aliphatic heterocycles. The van der Waals surface area contributed by atoms with E-state index in [9.17, 15) is 4.79 Å². The van der Waals surface area contributed by atoms with Gasteiger partial charge in [-0.2, -0.15) is 16.3 Å². The van der Waals surface area contributed by atoms with Gasteiger partial charge in [0.2, 0.25) is 5.95 Å².